The van der Waals surface area contributed by atoms with Crippen LogP contribution in [-0.4, -0.2) is 61.2 Å². The summed E-state index contributed by atoms with van der Waals surface area (Å²) in [6.45, 7) is 7.14. The van der Waals surface area contributed by atoms with E-state index in [9.17, 15) is 18.0 Å². The van der Waals surface area contributed by atoms with Crippen molar-refractivity contribution in [3.63, 3.8) is 0 Å². The molecule has 1 amide bonds. The minimum Gasteiger partial charge on any atom is -0.449 e. The van der Waals surface area contributed by atoms with Crippen LogP contribution in [0.5, 0.6) is 0 Å². The highest BCUT2D eigenvalue weighted by molar-refractivity contribution is 7.89. The second-order valence-electron chi connectivity index (χ2n) is 7.48. The molecule has 1 fully saturated rings. The van der Waals surface area contributed by atoms with Crippen molar-refractivity contribution in [2.75, 3.05) is 18.4 Å². The summed E-state index contributed by atoms with van der Waals surface area (Å²) >= 11 is 0. The summed E-state index contributed by atoms with van der Waals surface area (Å²) in [7, 11) is -3.82. The molecule has 0 bridgehead atoms. The number of esters is 1. The largest absolute Gasteiger partial charge is 0.449 e. The SMILES string of the molecule is Cc1cc(NC(=O)[C@H](C)OC(=O)c2cccc(S(=O)(=O)N3C[C@@H](C)O[C@H](C)C3)c2)on1. The van der Waals surface area contributed by atoms with Crippen molar-refractivity contribution >= 4 is 27.8 Å². The molecule has 1 aliphatic heterocycles. The number of anilines is 1. The van der Waals surface area contributed by atoms with Gasteiger partial charge in [0, 0.05) is 19.2 Å². The Labute approximate surface area is 180 Å². The number of sulfonamides is 1. The first-order chi connectivity index (χ1) is 14.6. The topological polar surface area (TPSA) is 128 Å². The maximum atomic E-state index is 13.0. The van der Waals surface area contributed by atoms with Crippen LogP contribution in [0.25, 0.3) is 0 Å². The lowest BCUT2D eigenvalue weighted by molar-refractivity contribution is -0.123. The van der Waals surface area contributed by atoms with Gasteiger partial charge in [0.25, 0.3) is 5.91 Å². The molecule has 10 nitrogen and oxygen atoms in total. The monoisotopic (exact) mass is 451 g/mol. The Morgan fingerprint density at radius 2 is 1.90 bits per heavy atom. The molecule has 2 heterocycles. The molecule has 168 valence electrons. The van der Waals surface area contributed by atoms with Crippen LogP contribution in [-0.2, 0) is 24.3 Å². The number of morpholine rings is 1. The third-order valence-electron chi connectivity index (χ3n) is 4.62. The molecule has 1 aromatic heterocycles. The van der Waals surface area contributed by atoms with Gasteiger partial charge in [-0.15, -0.1) is 0 Å². The minimum atomic E-state index is -3.82. The number of aromatic nitrogens is 1. The fourth-order valence-corrected chi connectivity index (χ4v) is 4.82. The zero-order valence-corrected chi connectivity index (χ0v) is 18.5. The smallest absolute Gasteiger partial charge is 0.338 e. The van der Waals surface area contributed by atoms with Crippen LogP contribution in [0.3, 0.4) is 0 Å². The van der Waals surface area contributed by atoms with Crippen LogP contribution < -0.4 is 5.32 Å². The van der Waals surface area contributed by atoms with Crippen molar-refractivity contribution < 1.29 is 32.0 Å². The van der Waals surface area contributed by atoms with E-state index in [2.05, 4.69) is 10.5 Å². The quantitative estimate of drug-likeness (QED) is 0.660. The Hall–Kier alpha value is -2.76. The second kappa shape index (κ2) is 9.16. The fraction of sp³-hybridized carbons (Fsp3) is 0.450. The van der Waals surface area contributed by atoms with Crippen LogP contribution in [0.15, 0.2) is 39.8 Å². The van der Waals surface area contributed by atoms with Gasteiger partial charge < -0.3 is 14.0 Å². The molecule has 1 aromatic carbocycles. The summed E-state index contributed by atoms with van der Waals surface area (Å²) in [6, 6.07) is 7.06. The first-order valence-corrected chi connectivity index (χ1v) is 11.2. The van der Waals surface area contributed by atoms with Gasteiger partial charge >= 0.3 is 5.97 Å². The van der Waals surface area contributed by atoms with Crippen molar-refractivity contribution in [2.24, 2.45) is 0 Å². The molecule has 0 unspecified atom stereocenters. The standard InChI is InChI=1S/C20H25N3O7S/c1-12-8-18(30-22-12)21-19(24)15(4)29-20(25)16-6-5-7-17(9-16)31(26,27)23-10-13(2)28-14(3)11-23/h5-9,13-15H,10-11H2,1-4H3,(H,21,24)/t13-,14-,15+/m1/s1. The third kappa shape index (κ3) is 5.49. The summed E-state index contributed by atoms with van der Waals surface area (Å²) < 4.78 is 43.1. The first-order valence-electron chi connectivity index (χ1n) is 9.77. The Morgan fingerprint density at radius 3 is 2.52 bits per heavy atom. The van der Waals surface area contributed by atoms with E-state index >= 15 is 0 Å². The zero-order valence-electron chi connectivity index (χ0n) is 17.7. The lowest BCUT2D eigenvalue weighted by Crippen LogP contribution is -2.48. The molecular weight excluding hydrogens is 426 g/mol. The number of ether oxygens (including phenoxy) is 2. The van der Waals surface area contributed by atoms with Crippen LogP contribution in [0.2, 0.25) is 0 Å². The van der Waals surface area contributed by atoms with Gasteiger partial charge in [-0.3, -0.25) is 10.1 Å². The summed E-state index contributed by atoms with van der Waals surface area (Å²) in [5.41, 5.74) is 0.604. The highest BCUT2D eigenvalue weighted by Crippen LogP contribution is 2.22. The lowest BCUT2D eigenvalue weighted by atomic mass is 10.2. The molecule has 1 aliphatic rings. The number of hydrogen-bond acceptors (Lipinski definition) is 8. The number of nitrogens with one attached hydrogen (secondary N) is 1. The average molecular weight is 452 g/mol. The van der Waals surface area contributed by atoms with E-state index in [4.69, 9.17) is 14.0 Å². The van der Waals surface area contributed by atoms with Crippen molar-refractivity contribution in [1.29, 1.82) is 0 Å². The first kappa shape index (κ1) is 22.9. The number of benzene rings is 1. The molecule has 11 heteroatoms. The van der Waals surface area contributed by atoms with E-state index in [1.807, 2.05) is 0 Å². The van der Waals surface area contributed by atoms with Gasteiger partial charge in [0.05, 0.1) is 28.4 Å². The number of carbonyl (C=O) groups is 2. The van der Waals surface area contributed by atoms with E-state index in [0.29, 0.717) is 5.69 Å². The number of aryl methyl sites for hydroxylation is 1. The highest BCUT2D eigenvalue weighted by Gasteiger charge is 2.32. The van der Waals surface area contributed by atoms with Crippen LogP contribution in [0.1, 0.15) is 36.8 Å². The van der Waals surface area contributed by atoms with Gasteiger partial charge in [-0.1, -0.05) is 11.2 Å². The Morgan fingerprint density at radius 1 is 1.23 bits per heavy atom. The second-order valence-corrected chi connectivity index (χ2v) is 9.41. The average Bonchev–Trinajstić information content (AvgIpc) is 3.11. The molecule has 0 spiro atoms. The summed E-state index contributed by atoms with van der Waals surface area (Å²) in [5.74, 6) is -1.30. The number of amides is 1. The molecule has 31 heavy (non-hydrogen) atoms. The van der Waals surface area contributed by atoms with Crippen LogP contribution in [0, 0.1) is 6.92 Å². The van der Waals surface area contributed by atoms with Gasteiger partial charge in [0.2, 0.25) is 15.9 Å². The maximum Gasteiger partial charge on any atom is 0.338 e. The van der Waals surface area contributed by atoms with Gasteiger partial charge in [-0.2, -0.15) is 4.31 Å². The lowest BCUT2D eigenvalue weighted by Gasteiger charge is -2.34. The Kier molecular flexibility index (Phi) is 6.77. The van der Waals surface area contributed by atoms with Crippen molar-refractivity contribution in [3.05, 3.63) is 41.6 Å². The molecular formula is C20H25N3O7S. The molecule has 3 atom stereocenters. The Bertz CT molecular complexity index is 1060. The molecule has 1 N–H and O–H groups in total. The predicted molar refractivity (Wildman–Crippen MR) is 110 cm³/mol. The van der Waals surface area contributed by atoms with Gasteiger partial charge in [0.1, 0.15) is 0 Å². The van der Waals surface area contributed by atoms with Gasteiger partial charge in [-0.05, 0) is 45.9 Å². The number of hydrogen-bond donors (Lipinski definition) is 1. The highest BCUT2D eigenvalue weighted by atomic mass is 32.2. The third-order valence-corrected chi connectivity index (χ3v) is 6.45. The van der Waals surface area contributed by atoms with Gasteiger partial charge in [-0.25, -0.2) is 13.2 Å². The van der Waals surface area contributed by atoms with E-state index in [1.165, 1.54) is 41.6 Å². The molecule has 2 aromatic rings. The van der Waals surface area contributed by atoms with Crippen molar-refractivity contribution in [3.8, 4) is 0 Å². The molecule has 0 aliphatic carbocycles. The molecule has 3 rings (SSSR count). The van der Waals surface area contributed by atoms with Crippen molar-refractivity contribution in [2.45, 2.75) is 50.9 Å². The van der Waals surface area contributed by atoms with E-state index in [1.54, 1.807) is 20.8 Å². The number of rotatable bonds is 6. The molecule has 1 saturated heterocycles. The minimum absolute atomic E-state index is 0.0191. The van der Waals surface area contributed by atoms with Crippen LogP contribution in [0.4, 0.5) is 5.88 Å². The van der Waals surface area contributed by atoms with E-state index in [-0.39, 0.29) is 41.6 Å². The van der Waals surface area contributed by atoms with Crippen molar-refractivity contribution in [1.82, 2.24) is 9.46 Å². The number of carbonyl (C=O) groups excluding carboxylic acids is 2. The normalized spacial score (nSPS) is 20.8. The summed E-state index contributed by atoms with van der Waals surface area (Å²) in [6.07, 6.45) is -1.61. The van der Waals surface area contributed by atoms with E-state index < -0.39 is 28.0 Å². The predicted octanol–water partition coefficient (Wildman–Crippen LogP) is 1.96. The fourth-order valence-electron chi connectivity index (χ4n) is 3.19. The molecule has 0 saturated carbocycles. The Balaban J connectivity index is 1.70. The van der Waals surface area contributed by atoms with E-state index in [0.717, 1.165) is 0 Å². The summed E-state index contributed by atoms with van der Waals surface area (Å²) in [4.78, 5) is 24.7. The summed E-state index contributed by atoms with van der Waals surface area (Å²) in [5, 5.41) is 6.10. The number of nitrogens with zero attached hydrogens (tertiary/aromatic N) is 2. The van der Waals surface area contributed by atoms with Crippen LogP contribution >= 0.6 is 0 Å². The zero-order chi connectivity index (χ0) is 22.8. The van der Waals surface area contributed by atoms with Gasteiger partial charge in [0.15, 0.2) is 6.10 Å². The maximum absolute atomic E-state index is 13.0. The molecule has 0 radical (unpaired) electrons.